The summed E-state index contributed by atoms with van der Waals surface area (Å²) in [7, 11) is -2.05. The number of amides is 1. The molecule has 1 amide bonds. The van der Waals surface area contributed by atoms with Gasteiger partial charge in [-0.05, 0) is 54.1 Å². The van der Waals surface area contributed by atoms with Gasteiger partial charge in [-0.1, -0.05) is 17.4 Å². The van der Waals surface area contributed by atoms with E-state index >= 15 is 0 Å². The Morgan fingerprint density at radius 3 is 2.61 bits per heavy atom. The Bertz CT molecular complexity index is 1470. The normalized spacial score (nSPS) is 14.6. The Labute approximate surface area is 213 Å². The fourth-order valence-corrected chi connectivity index (χ4v) is 6.30. The fraction of sp³-hybridized carbons (Fsp3) is 0.240. The van der Waals surface area contributed by atoms with Crippen LogP contribution in [0.3, 0.4) is 0 Å². The van der Waals surface area contributed by atoms with E-state index in [0.29, 0.717) is 42.7 Å². The number of hydrogen-bond donors (Lipinski definition) is 0. The summed E-state index contributed by atoms with van der Waals surface area (Å²) < 4.78 is 38.8. The van der Waals surface area contributed by atoms with Crippen LogP contribution in [0, 0.1) is 0 Å². The van der Waals surface area contributed by atoms with Crippen molar-refractivity contribution in [2.24, 2.45) is 0 Å². The van der Waals surface area contributed by atoms with Gasteiger partial charge >= 0.3 is 0 Å². The molecule has 0 N–H and O–H groups in total. The summed E-state index contributed by atoms with van der Waals surface area (Å²) in [6.45, 7) is 1.62. The first-order valence-corrected chi connectivity index (χ1v) is 13.5. The van der Waals surface area contributed by atoms with Crippen molar-refractivity contribution in [1.29, 1.82) is 0 Å². The average molecular weight is 525 g/mol. The number of rotatable bonds is 7. The van der Waals surface area contributed by atoms with Crippen LogP contribution in [0.25, 0.3) is 10.2 Å². The van der Waals surface area contributed by atoms with E-state index in [4.69, 9.17) is 9.47 Å². The summed E-state index contributed by atoms with van der Waals surface area (Å²) in [6.07, 6.45) is 3.38. The number of carbonyl (C=O) groups is 1. The van der Waals surface area contributed by atoms with Crippen molar-refractivity contribution in [2.45, 2.75) is 11.4 Å². The monoisotopic (exact) mass is 524 g/mol. The van der Waals surface area contributed by atoms with Gasteiger partial charge in [0, 0.05) is 31.0 Å². The molecule has 5 rings (SSSR count). The van der Waals surface area contributed by atoms with Crippen LogP contribution < -0.4 is 9.64 Å². The number of aromatic nitrogens is 2. The number of ether oxygens (including phenoxy) is 2. The zero-order chi connectivity index (χ0) is 25.1. The molecule has 0 spiro atoms. The van der Waals surface area contributed by atoms with E-state index in [1.807, 2.05) is 30.3 Å². The second kappa shape index (κ2) is 10.3. The summed E-state index contributed by atoms with van der Waals surface area (Å²) >= 11 is 1.38. The van der Waals surface area contributed by atoms with Gasteiger partial charge in [0.1, 0.15) is 5.75 Å². The topological polar surface area (TPSA) is 102 Å². The van der Waals surface area contributed by atoms with Gasteiger partial charge in [-0.25, -0.2) is 13.4 Å². The third kappa shape index (κ3) is 4.96. The quantitative estimate of drug-likeness (QED) is 0.364. The summed E-state index contributed by atoms with van der Waals surface area (Å²) in [5.41, 5.74) is 1.96. The summed E-state index contributed by atoms with van der Waals surface area (Å²) in [6, 6.07) is 15.3. The SMILES string of the molecule is COc1ccc2nc(N(Cc3cccnc3)C(=O)c3ccc(S(=O)(=O)N4CCOCC4)cc3)sc2c1. The van der Waals surface area contributed by atoms with Gasteiger partial charge in [0.25, 0.3) is 5.91 Å². The number of nitrogens with zero attached hydrogens (tertiary/aromatic N) is 4. The van der Waals surface area contributed by atoms with Gasteiger partial charge in [0.2, 0.25) is 10.0 Å². The molecular formula is C25H24N4O5S2. The maximum Gasteiger partial charge on any atom is 0.260 e. The van der Waals surface area contributed by atoms with E-state index in [1.165, 1.54) is 27.8 Å². The highest BCUT2D eigenvalue weighted by Gasteiger charge is 2.27. The van der Waals surface area contributed by atoms with E-state index < -0.39 is 10.0 Å². The zero-order valence-corrected chi connectivity index (χ0v) is 21.2. The molecule has 0 aliphatic carbocycles. The third-order valence-corrected chi connectivity index (χ3v) is 8.79. The third-order valence-electron chi connectivity index (χ3n) is 5.83. The lowest BCUT2D eigenvalue weighted by Crippen LogP contribution is -2.40. The van der Waals surface area contributed by atoms with Crippen LogP contribution in [0.4, 0.5) is 5.13 Å². The lowest BCUT2D eigenvalue weighted by Gasteiger charge is -2.26. The predicted molar refractivity (Wildman–Crippen MR) is 137 cm³/mol. The lowest BCUT2D eigenvalue weighted by molar-refractivity contribution is 0.0730. The molecular weight excluding hydrogens is 500 g/mol. The molecule has 1 aliphatic heterocycles. The van der Waals surface area contributed by atoms with Crippen LogP contribution in [-0.4, -0.2) is 62.0 Å². The number of hydrogen-bond acceptors (Lipinski definition) is 8. The number of morpholine rings is 1. The summed E-state index contributed by atoms with van der Waals surface area (Å²) in [4.78, 5) is 24.3. The minimum atomic E-state index is -3.65. The smallest absolute Gasteiger partial charge is 0.260 e. The van der Waals surface area contributed by atoms with Crippen LogP contribution in [0.1, 0.15) is 15.9 Å². The van der Waals surface area contributed by atoms with Crippen molar-refractivity contribution < 1.29 is 22.7 Å². The minimum absolute atomic E-state index is 0.145. The molecule has 11 heteroatoms. The van der Waals surface area contributed by atoms with Crippen molar-refractivity contribution in [1.82, 2.24) is 14.3 Å². The van der Waals surface area contributed by atoms with Crippen LogP contribution in [0.5, 0.6) is 5.75 Å². The molecule has 3 heterocycles. The average Bonchev–Trinajstić information content (AvgIpc) is 3.35. The molecule has 9 nitrogen and oxygen atoms in total. The first kappa shape index (κ1) is 24.3. The zero-order valence-electron chi connectivity index (χ0n) is 19.5. The summed E-state index contributed by atoms with van der Waals surface area (Å²) in [5.74, 6) is 0.417. The molecule has 4 aromatic rings. The molecule has 0 saturated carbocycles. The number of anilines is 1. The molecule has 0 radical (unpaired) electrons. The van der Waals surface area contributed by atoms with Crippen molar-refractivity contribution in [3.63, 3.8) is 0 Å². The highest BCUT2D eigenvalue weighted by molar-refractivity contribution is 7.89. The predicted octanol–water partition coefficient (Wildman–Crippen LogP) is 3.57. The molecule has 2 aromatic carbocycles. The number of pyridine rings is 1. The lowest BCUT2D eigenvalue weighted by atomic mass is 10.2. The van der Waals surface area contributed by atoms with Gasteiger partial charge in [-0.15, -0.1) is 0 Å². The Balaban J connectivity index is 1.47. The van der Waals surface area contributed by atoms with Gasteiger partial charge in [0.15, 0.2) is 5.13 Å². The van der Waals surface area contributed by atoms with E-state index in [0.717, 1.165) is 15.8 Å². The van der Waals surface area contributed by atoms with E-state index in [1.54, 1.807) is 36.5 Å². The molecule has 36 heavy (non-hydrogen) atoms. The molecule has 2 aromatic heterocycles. The largest absolute Gasteiger partial charge is 0.497 e. The first-order valence-electron chi connectivity index (χ1n) is 11.3. The van der Waals surface area contributed by atoms with Crippen LogP contribution in [-0.2, 0) is 21.3 Å². The molecule has 0 bridgehead atoms. The number of methoxy groups -OCH3 is 1. The van der Waals surface area contributed by atoms with Crippen molar-refractivity contribution in [3.8, 4) is 5.75 Å². The number of sulfonamides is 1. The Kier molecular flexibility index (Phi) is 6.97. The molecule has 1 fully saturated rings. The number of benzene rings is 2. The van der Waals surface area contributed by atoms with Gasteiger partial charge in [0.05, 0.1) is 42.0 Å². The van der Waals surface area contributed by atoms with Crippen molar-refractivity contribution in [3.05, 3.63) is 78.1 Å². The van der Waals surface area contributed by atoms with Crippen LogP contribution in [0.15, 0.2) is 71.9 Å². The first-order chi connectivity index (χ1) is 17.5. The van der Waals surface area contributed by atoms with Gasteiger partial charge in [-0.2, -0.15) is 4.31 Å². The standard InChI is InChI=1S/C25H24N4O5S2/c1-33-20-6-9-22-23(15-20)35-25(27-22)29(17-18-3-2-10-26-16-18)24(30)19-4-7-21(8-5-19)36(31,32)28-11-13-34-14-12-28/h2-10,15-16H,11-14,17H2,1H3. The highest BCUT2D eigenvalue weighted by atomic mass is 32.2. The molecule has 1 aliphatic rings. The Morgan fingerprint density at radius 2 is 1.92 bits per heavy atom. The highest BCUT2D eigenvalue weighted by Crippen LogP contribution is 2.33. The van der Waals surface area contributed by atoms with Crippen LogP contribution >= 0.6 is 11.3 Å². The number of thiazole rings is 1. The van der Waals surface area contributed by atoms with Gasteiger partial charge in [-0.3, -0.25) is 14.7 Å². The van der Waals surface area contributed by atoms with Crippen LogP contribution in [0.2, 0.25) is 0 Å². The van der Waals surface area contributed by atoms with E-state index in [2.05, 4.69) is 9.97 Å². The Morgan fingerprint density at radius 1 is 1.14 bits per heavy atom. The van der Waals surface area contributed by atoms with Crippen molar-refractivity contribution >= 4 is 42.6 Å². The number of carbonyl (C=O) groups excluding carboxylic acids is 1. The summed E-state index contributed by atoms with van der Waals surface area (Å²) in [5, 5.41) is 0.525. The molecule has 186 valence electrons. The minimum Gasteiger partial charge on any atom is -0.497 e. The number of fused-ring (bicyclic) bond motifs is 1. The fourth-order valence-electron chi connectivity index (χ4n) is 3.90. The second-order valence-corrected chi connectivity index (χ2v) is 11.1. The molecule has 1 saturated heterocycles. The molecule has 0 atom stereocenters. The maximum atomic E-state index is 13.7. The van der Waals surface area contributed by atoms with Crippen molar-refractivity contribution in [2.75, 3.05) is 38.3 Å². The second-order valence-electron chi connectivity index (χ2n) is 8.12. The molecule has 0 unspecified atom stereocenters. The maximum absolute atomic E-state index is 13.7. The van der Waals surface area contributed by atoms with Gasteiger partial charge < -0.3 is 9.47 Å². The van der Waals surface area contributed by atoms with E-state index in [-0.39, 0.29) is 17.3 Å². The van der Waals surface area contributed by atoms with E-state index in [9.17, 15) is 13.2 Å². The Hall–Kier alpha value is -3.38.